The van der Waals surface area contributed by atoms with Crippen molar-refractivity contribution < 1.29 is 8.42 Å². The average Bonchev–Trinajstić information content (AvgIpc) is 2.22. The maximum absolute atomic E-state index is 12.2. The second kappa shape index (κ2) is 6.83. The molecule has 1 atom stereocenters. The van der Waals surface area contributed by atoms with E-state index in [2.05, 4.69) is 52.5 Å². The predicted octanol–water partition coefficient (Wildman–Crippen LogP) is 3.97. The Kier molecular flexibility index (Phi) is 6.31. The van der Waals surface area contributed by atoms with E-state index >= 15 is 0 Å². The molecule has 0 aliphatic heterocycles. The van der Waals surface area contributed by atoms with Gasteiger partial charge in [0.25, 0.3) is 0 Å². The fraction of sp³-hybridized carbons (Fsp3) is 0.455. The van der Waals surface area contributed by atoms with Gasteiger partial charge in [0.15, 0.2) is 0 Å². The van der Waals surface area contributed by atoms with E-state index in [0.717, 1.165) is 21.8 Å². The normalized spacial score (nSPS) is 13.6. The first-order chi connectivity index (χ1) is 8.27. The molecule has 0 radical (unpaired) electrons. The first-order valence-electron chi connectivity index (χ1n) is 5.32. The van der Waals surface area contributed by atoms with Gasteiger partial charge in [0.1, 0.15) is 0 Å². The zero-order valence-electron chi connectivity index (χ0n) is 10.0. The van der Waals surface area contributed by atoms with Gasteiger partial charge in [0, 0.05) is 20.3 Å². The summed E-state index contributed by atoms with van der Waals surface area (Å²) >= 11 is 9.94. The number of halogens is 3. The van der Waals surface area contributed by atoms with Gasteiger partial charge in [-0.1, -0.05) is 31.9 Å². The van der Waals surface area contributed by atoms with Crippen LogP contribution in [0, 0.1) is 6.92 Å². The summed E-state index contributed by atoms with van der Waals surface area (Å²) in [6.45, 7) is 3.75. The molecule has 3 nitrogen and oxygen atoms in total. The second-order valence-corrected chi connectivity index (χ2v) is 8.22. The third-order valence-electron chi connectivity index (χ3n) is 2.40. The molecule has 1 aromatic rings. The van der Waals surface area contributed by atoms with Gasteiger partial charge in [-0.25, -0.2) is 13.1 Å². The molecule has 0 saturated heterocycles. The molecule has 0 aromatic heterocycles. The van der Waals surface area contributed by atoms with E-state index in [1.54, 1.807) is 12.1 Å². The SMILES string of the molecule is Cc1cc(Br)c(S(=O)(=O)NC(C)CCBr)cc1Br. The molecule has 7 heteroatoms. The number of nitrogens with one attached hydrogen (secondary N) is 1. The van der Waals surface area contributed by atoms with Crippen molar-refractivity contribution in [3.8, 4) is 0 Å². The highest BCUT2D eigenvalue weighted by molar-refractivity contribution is 9.11. The molecule has 0 saturated carbocycles. The first kappa shape index (κ1) is 16.6. The molecule has 0 aliphatic carbocycles. The molecule has 0 spiro atoms. The maximum Gasteiger partial charge on any atom is 0.241 e. The molecule has 102 valence electrons. The minimum atomic E-state index is -3.50. The van der Waals surface area contributed by atoms with Gasteiger partial charge in [0.05, 0.1) is 4.90 Å². The molecular formula is C11H14Br3NO2S. The summed E-state index contributed by atoms with van der Waals surface area (Å²) in [5.41, 5.74) is 0.981. The Bertz CT molecular complexity index is 531. The van der Waals surface area contributed by atoms with E-state index in [1.165, 1.54) is 0 Å². The Hall–Kier alpha value is 0.570. The summed E-state index contributed by atoms with van der Waals surface area (Å²) in [5, 5.41) is 0.759. The van der Waals surface area contributed by atoms with Crippen LogP contribution in [0.3, 0.4) is 0 Å². The van der Waals surface area contributed by atoms with Crippen molar-refractivity contribution in [3.05, 3.63) is 26.6 Å². The lowest BCUT2D eigenvalue weighted by molar-refractivity contribution is 0.557. The minimum Gasteiger partial charge on any atom is -0.208 e. The number of sulfonamides is 1. The highest BCUT2D eigenvalue weighted by atomic mass is 79.9. The topological polar surface area (TPSA) is 46.2 Å². The standard InChI is InChI=1S/C11H14Br3NO2S/c1-7-5-10(14)11(6-9(7)13)18(16,17)15-8(2)3-4-12/h5-6,8,15H,3-4H2,1-2H3. The van der Waals surface area contributed by atoms with E-state index in [4.69, 9.17) is 0 Å². The lowest BCUT2D eigenvalue weighted by Crippen LogP contribution is -2.33. The molecular weight excluding hydrogens is 450 g/mol. The number of aryl methyl sites for hydroxylation is 1. The van der Waals surface area contributed by atoms with Gasteiger partial charge in [-0.2, -0.15) is 0 Å². The van der Waals surface area contributed by atoms with E-state index < -0.39 is 10.0 Å². The van der Waals surface area contributed by atoms with Crippen LogP contribution in [-0.2, 0) is 10.0 Å². The highest BCUT2D eigenvalue weighted by Crippen LogP contribution is 2.28. The molecule has 1 N–H and O–H groups in total. The zero-order chi connectivity index (χ0) is 13.9. The van der Waals surface area contributed by atoms with Crippen molar-refractivity contribution in [1.82, 2.24) is 4.72 Å². The van der Waals surface area contributed by atoms with Crippen molar-refractivity contribution in [2.75, 3.05) is 5.33 Å². The fourth-order valence-electron chi connectivity index (χ4n) is 1.38. The lowest BCUT2D eigenvalue weighted by atomic mass is 10.2. The predicted molar refractivity (Wildman–Crippen MR) is 84.8 cm³/mol. The minimum absolute atomic E-state index is 0.110. The van der Waals surface area contributed by atoms with Gasteiger partial charge < -0.3 is 0 Å². The van der Waals surface area contributed by atoms with Crippen molar-refractivity contribution in [1.29, 1.82) is 0 Å². The largest absolute Gasteiger partial charge is 0.241 e. The van der Waals surface area contributed by atoms with Gasteiger partial charge in [-0.15, -0.1) is 0 Å². The third-order valence-corrected chi connectivity index (χ3v) is 6.26. The summed E-state index contributed by atoms with van der Waals surface area (Å²) < 4.78 is 28.4. The monoisotopic (exact) mass is 461 g/mol. The summed E-state index contributed by atoms with van der Waals surface area (Å²) in [4.78, 5) is 0.251. The van der Waals surface area contributed by atoms with E-state index in [0.29, 0.717) is 4.47 Å². The summed E-state index contributed by atoms with van der Waals surface area (Å²) in [6.07, 6.45) is 0.740. The fourth-order valence-corrected chi connectivity index (χ4v) is 5.03. The van der Waals surface area contributed by atoms with Crippen molar-refractivity contribution >= 4 is 57.8 Å². The van der Waals surface area contributed by atoms with Gasteiger partial charge >= 0.3 is 0 Å². The molecule has 0 fully saturated rings. The van der Waals surface area contributed by atoms with Crippen LogP contribution in [0.25, 0.3) is 0 Å². The Morgan fingerprint density at radius 1 is 1.28 bits per heavy atom. The van der Waals surface area contributed by atoms with Crippen LogP contribution >= 0.6 is 47.8 Å². The Balaban J connectivity index is 3.09. The lowest BCUT2D eigenvalue weighted by Gasteiger charge is -2.14. The first-order valence-corrected chi connectivity index (χ1v) is 9.51. The Morgan fingerprint density at radius 3 is 2.44 bits per heavy atom. The zero-order valence-corrected chi connectivity index (χ0v) is 15.6. The molecule has 0 bridgehead atoms. The van der Waals surface area contributed by atoms with Gasteiger partial charge in [-0.3, -0.25) is 0 Å². The molecule has 0 amide bonds. The van der Waals surface area contributed by atoms with Crippen LogP contribution in [0.1, 0.15) is 18.9 Å². The molecule has 0 aliphatic rings. The van der Waals surface area contributed by atoms with Crippen molar-refractivity contribution in [2.45, 2.75) is 31.2 Å². The van der Waals surface area contributed by atoms with Gasteiger partial charge in [-0.05, 0) is 53.9 Å². The van der Waals surface area contributed by atoms with Crippen LogP contribution in [0.15, 0.2) is 26.0 Å². The van der Waals surface area contributed by atoms with Crippen molar-refractivity contribution in [3.63, 3.8) is 0 Å². The third kappa shape index (κ3) is 4.30. The highest BCUT2D eigenvalue weighted by Gasteiger charge is 2.21. The smallest absolute Gasteiger partial charge is 0.208 e. The van der Waals surface area contributed by atoms with Crippen LogP contribution < -0.4 is 4.72 Å². The molecule has 0 heterocycles. The van der Waals surface area contributed by atoms with E-state index in [9.17, 15) is 8.42 Å². The van der Waals surface area contributed by atoms with Crippen LogP contribution in [0.5, 0.6) is 0 Å². The maximum atomic E-state index is 12.2. The molecule has 1 rings (SSSR count). The molecule has 1 aromatic carbocycles. The number of benzene rings is 1. The second-order valence-electron chi connectivity index (χ2n) is 4.03. The van der Waals surface area contributed by atoms with Crippen LogP contribution in [-0.4, -0.2) is 19.8 Å². The summed E-state index contributed by atoms with van der Waals surface area (Å²) in [6, 6.07) is 3.29. The Morgan fingerprint density at radius 2 is 1.89 bits per heavy atom. The average molecular weight is 464 g/mol. The molecule has 18 heavy (non-hydrogen) atoms. The van der Waals surface area contributed by atoms with E-state index in [1.807, 2.05) is 13.8 Å². The quantitative estimate of drug-likeness (QED) is 0.671. The van der Waals surface area contributed by atoms with Gasteiger partial charge in [0.2, 0.25) is 10.0 Å². The van der Waals surface area contributed by atoms with E-state index in [-0.39, 0.29) is 10.9 Å². The van der Waals surface area contributed by atoms with Crippen LogP contribution in [0.2, 0.25) is 0 Å². The molecule has 1 unspecified atom stereocenters. The summed E-state index contributed by atoms with van der Waals surface area (Å²) in [5.74, 6) is 0. The number of alkyl halides is 1. The van der Waals surface area contributed by atoms with Crippen LogP contribution in [0.4, 0.5) is 0 Å². The number of rotatable bonds is 5. The number of hydrogen-bond acceptors (Lipinski definition) is 2. The number of hydrogen-bond donors (Lipinski definition) is 1. The summed E-state index contributed by atoms with van der Waals surface area (Å²) in [7, 11) is -3.50. The Labute approximate surface area is 133 Å². The van der Waals surface area contributed by atoms with Crippen molar-refractivity contribution in [2.24, 2.45) is 0 Å².